The first-order valence-corrected chi connectivity index (χ1v) is 14.5. The van der Waals surface area contributed by atoms with E-state index in [9.17, 15) is 19.5 Å². The minimum absolute atomic E-state index is 0.142. The number of nitrogens with one attached hydrogen (secondary N) is 2. The molecular weight excluding hydrogens is 538 g/mol. The van der Waals surface area contributed by atoms with Crippen LogP contribution in [0.3, 0.4) is 0 Å². The number of rotatable bonds is 8. The van der Waals surface area contributed by atoms with Crippen LogP contribution in [0.2, 0.25) is 0 Å². The molecule has 2 unspecified atom stereocenters. The molecule has 4 aromatic rings. The van der Waals surface area contributed by atoms with E-state index in [1.165, 1.54) is 16.7 Å². The molecule has 0 bridgehead atoms. The molecule has 2 aliphatic rings. The van der Waals surface area contributed by atoms with Crippen molar-refractivity contribution in [1.82, 2.24) is 25.3 Å². The molecule has 0 spiro atoms. The number of hydrogen-bond donors (Lipinski definition) is 3. The summed E-state index contributed by atoms with van der Waals surface area (Å²) in [7, 11) is 0. The third-order valence-electron chi connectivity index (χ3n) is 8.20. The minimum atomic E-state index is -1.55. The lowest BCUT2D eigenvalue weighted by Gasteiger charge is -2.53. The van der Waals surface area contributed by atoms with Crippen LogP contribution in [0.5, 0.6) is 0 Å². The Labute approximate surface area is 241 Å². The zero-order chi connectivity index (χ0) is 28.7. The van der Waals surface area contributed by atoms with Gasteiger partial charge in [-0.05, 0) is 49.1 Å². The highest BCUT2D eigenvalue weighted by molar-refractivity contribution is 8.01. The van der Waals surface area contributed by atoms with E-state index in [2.05, 4.69) is 15.5 Å². The Morgan fingerprint density at radius 1 is 1.12 bits per heavy atom. The molecule has 6 rings (SSSR count). The topological polar surface area (TPSA) is 119 Å². The normalized spacial score (nSPS) is 21.3. The number of amides is 3. The van der Waals surface area contributed by atoms with E-state index in [0.29, 0.717) is 23.0 Å². The summed E-state index contributed by atoms with van der Waals surface area (Å²) >= 11 is 1.52. The van der Waals surface area contributed by atoms with Crippen LogP contribution in [0.15, 0.2) is 79.0 Å². The molecule has 2 saturated heterocycles. The van der Waals surface area contributed by atoms with Gasteiger partial charge in [0.05, 0.1) is 29.2 Å². The average molecular weight is 570 g/mol. The summed E-state index contributed by atoms with van der Waals surface area (Å²) in [6, 6.07) is 21.0. The lowest BCUT2D eigenvalue weighted by Crippen LogP contribution is -2.73. The van der Waals surface area contributed by atoms with Gasteiger partial charge < -0.3 is 20.2 Å². The highest BCUT2D eigenvalue weighted by atomic mass is 32.2. The summed E-state index contributed by atoms with van der Waals surface area (Å²) < 4.78 is 0. The highest BCUT2D eigenvalue weighted by Gasteiger charge is 2.65. The van der Waals surface area contributed by atoms with Gasteiger partial charge >= 0.3 is 0 Å². The predicted molar refractivity (Wildman–Crippen MR) is 157 cm³/mol. The molecule has 0 radical (unpaired) electrons. The Hall–Kier alpha value is -4.15. The van der Waals surface area contributed by atoms with Crippen molar-refractivity contribution in [3.8, 4) is 0 Å². The molecule has 0 aliphatic carbocycles. The van der Waals surface area contributed by atoms with Crippen molar-refractivity contribution in [1.29, 1.82) is 0 Å². The molecule has 4 atom stereocenters. The Kier molecular flexibility index (Phi) is 7.04. The van der Waals surface area contributed by atoms with Gasteiger partial charge in [0.15, 0.2) is 6.10 Å². The molecular formula is C31H31N5O4S. The summed E-state index contributed by atoms with van der Waals surface area (Å²) in [5.74, 6) is -0.864. The summed E-state index contributed by atoms with van der Waals surface area (Å²) in [5.41, 5.74) is 4.12. The van der Waals surface area contributed by atoms with Crippen molar-refractivity contribution in [2.45, 2.75) is 49.9 Å². The lowest BCUT2D eigenvalue weighted by atomic mass is 9.91. The maximum atomic E-state index is 13.8. The number of aromatic amines is 1. The number of aliphatic hydroxyl groups excluding tert-OH is 1. The third-order valence-corrected chi connectivity index (χ3v) is 9.64. The molecule has 2 aliphatic heterocycles. The van der Waals surface area contributed by atoms with E-state index in [4.69, 9.17) is 0 Å². The van der Waals surface area contributed by atoms with E-state index in [-0.39, 0.29) is 18.2 Å². The Bertz CT molecular complexity index is 1630. The fourth-order valence-corrected chi connectivity index (χ4v) is 7.15. The van der Waals surface area contributed by atoms with Crippen LogP contribution in [0, 0.1) is 6.92 Å². The van der Waals surface area contributed by atoms with Gasteiger partial charge in [0.2, 0.25) is 5.91 Å². The largest absolute Gasteiger partial charge is 0.381 e. The van der Waals surface area contributed by atoms with Crippen LogP contribution in [-0.2, 0) is 22.6 Å². The molecule has 3 heterocycles. The number of thioether (sulfide) groups is 1. The number of carbonyl (C=O) groups excluding carboxylic acids is 3. The van der Waals surface area contributed by atoms with E-state index in [0.717, 1.165) is 16.7 Å². The SMILES string of the molecule is Cc1ccccc1CN1C(=O)[C@H]2N(C(=O)[C@@H](O)C(Cc3ccccc3)NC(=O)c3cccc4[nH]ncc34)CSC21C. The molecule has 10 heteroatoms. The quantitative estimate of drug-likeness (QED) is 0.281. The molecule has 3 aromatic carbocycles. The second-order valence-corrected chi connectivity index (χ2v) is 12.1. The molecule has 0 saturated carbocycles. The summed E-state index contributed by atoms with van der Waals surface area (Å²) in [6.07, 6.45) is 0.256. The van der Waals surface area contributed by atoms with Gasteiger partial charge in [-0.3, -0.25) is 19.5 Å². The Balaban J connectivity index is 1.22. The number of carbonyl (C=O) groups is 3. The van der Waals surface area contributed by atoms with Crippen molar-refractivity contribution >= 4 is 40.4 Å². The monoisotopic (exact) mass is 569 g/mol. The minimum Gasteiger partial charge on any atom is -0.381 e. The maximum absolute atomic E-state index is 13.8. The number of β-lactam (4-membered cyclic amide) rings is 1. The van der Waals surface area contributed by atoms with Crippen LogP contribution in [0.1, 0.15) is 34.0 Å². The van der Waals surface area contributed by atoms with Gasteiger partial charge in [0.1, 0.15) is 10.9 Å². The zero-order valence-corrected chi connectivity index (χ0v) is 23.6. The number of benzene rings is 3. The second kappa shape index (κ2) is 10.7. The number of hydrogen-bond acceptors (Lipinski definition) is 6. The van der Waals surface area contributed by atoms with Crippen LogP contribution < -0.4 is 5.32 Å². The molecule has 3 amide bonds. The number of likely N-dealkylation sites (tertiary alicyclic amines) is 1. The zero-order valence-electron chi connectivity index (χ0n) is 22.8. The highest BCUT2D eigenvalue weighted by Crippen LogP contribution is 2.51. The van der Waals surface area contributed by atoms with Crippen LogP contribution >= 0.6 is 11.8 Å². The summed E-state index contributed by atoms with van der Waals surface area (Å²) in [6.45, 7) is 4.44. The van der Waals surface area contributed by atoms with Gasteiger partial charge in [-0.2, -0.15) is 5.10 Å². The molecule has 210 valence electrons. The van der Waals surface area contributed by atoms with E-state index >= 15 is 0 Å². The van der Waals surface area contributed by atoms with E-state index in [1.807, 2.05) is 74.5 Å². The smallest absolute Gasteiger partial charge is 0.255 e. The third kappa shape index (κ3) is 4.76. The van der Waals surface area contributed by atoms with E-state index in [1.54, 1.807) is 23.2 Å². The Morgan fingerprint density at radius 3 is 2.66 bits per heavy atom. The number of aryl methyl sites for hydroxylation is 1. The number of H-pyrrole nitrogens is 1. The average Bonchev–Trinajstić information content (AvgIpc) is 3.59. The van der Waals surface area contributed by atoms with Crippen LogP contribution in [0.25, 0.3) is 10.9 Å². The first kappa shape index (κ1) is 27.0. The van der Waals surface area contributed by atoms with Crippen molar-refractivity contribution in [2.75, 3.05) is 5.88 Å². The Morgan fingerprint density at radius 2 is 1.88 bits per heavy atom. The lowest BCUT2D eigenvalue weighted by molar-refractivity contribution is -0.168. The summed E-state index contributed by atoms with van der Waals surface area (Å²) in [4.78, 5) is 43.3. The number of aromatic nitrogens is 2. The standard InChI is InChI=1S/C31H31N5O4S/c1-19-9-6-7-12-21(19)17-36-30(40)27-31(36,2)41-18-35(27)29(39)26(37)25(15-20-10-4-3-5-11-20)33-28(38)22-13-8-14-24-23(22)16-32-34-24/h3-14,16,25-27,37H,15,17-18H2,1-2H3,(H,32,34)(H,33,38)/t25?,26-,27+,31?/m0/s1. The molecule has 3 N–H and O–H groups in total. The van der Waals surface area contributed by atoms with Gasteiger partial charge in [-0.15, -0.1) is 11.8 Å². The van der Waals surface area contributed by atoms with Gasteiger partial charge in [-0.1, -0.05) is 60.7 Å². The van der Waals surface area contributed by atoms with Crippen molar-refractivity contribution in [3.63, 3.8) is 0 Å². The second-order valence-electron chi connectivity index (χ2n) is 10.7. The number of aliphatic hydroxyl groups is 1. The fraction of sp³-hybridized carbons (Fsp3) is 0.290. The summed E-state index contributed by atoms with van der Waals surface area (Å²) in [5, 5.41) is 21.9. The first-order valence-electron chi connectivity index (χ1n) is 13.5. The van der Waals surface area contributed by atoms with E-state index < -0.39 is 34.9 Å². The molecule has 41 heavy (non-hydrogen) atoms. The maximum Gasteiger partial charge on any atom is 0.255 e. The van der Waals surface area contributed by atoms with Crippen LogP contribution in [0.4, 0.5) is 0 Å². The first-order chi connectivity index (χ1) is 19.8. The van der Waals surface area contributed by atoms with Gasteiger partial charge in [0, 0.05) is 11.9 Å². The molecule has 2 fully saturated rings. The van der Waals surface area contributed by atoms with Crippen molar-refractivity contribution < 1.29 is 19.5 Å². The van der Waals surface area contributed by atoms with Gasteiger partial charge in [0.25, 0.3) is 11.8 Å². The fourth-order valence-electron chi connectivity index (χ4n) is 5.78. The number of fused-ring (bicyclic) bond motifs is 2. The number of nitrogens with zero attached hydrogens (tertiary/aromatic N) is 3. The molecule has 9 nitrogen and oxygen atoms in total. The van der Waals surface area contributed by atoms with Crippen LogP contribution in [-0.4, -0.2) is 71.8 Å². The van der Waals surface area contributed by atoms with Crippen molar-refractivity contribution in [2.24, 2.45) is 0 Å². The molecule has 1 aromatic heterocycles. The van der Waals surface area contributed by atoms with Gasteiger partial charge in [-0.25, -0.2) is 0 Å². The van der Waals surface area contributed by atoms with Crippen molar-refractivity contribution in [3.05, 3.63) is 101 Å². The predicted octanol–water partition coefficient (Wildman–Crippen LogP) is 3.23.